The largest absolute Gasteiger partial charge is 0.192 e. The SMILES string of the molecule is C=C(C)/C=C(Cl)\C(C#N)=C/C. The molecule has 0 unspecified atom stereocenters. The first kappa shape index (κ1) is 10.0. The van der Waals surface area contributed by atoms with Gasteiger partial charge in [0.1, 0.15) is 6.07 Å². The van der Waals surface area contributed by atoms with E-state index in [1.54, 1.807) is 19.1 Å². The molecule has 0 atom stereocenters. The van der Waals surface area contributed by atoms with Crippen molar-refractivity contribution in [1.82, 2.24) is 0 Å². The summed E-state index contributed by atoms with van der Waals surface area (Å²) >= 11 is 5.75. The Hall–Kier alpha value is -1.00. The summed E-state index contributed by atoms with van der Waals surface area (Å²) in [5.41, 5.74) is 1.32. The van der Waals surface area contributed by atoms with Gasteiger partial charge in [-0.2, -0.15) is 5.26 Å². The molecule has 0 amide bonds. The molecule has 0 N–H and O–H groups in total. The molecule has 0 spiro atoms. The van der Waals surface area contributed by atoms with E-state index in [0.717, 1.165) is 5.57 Å². The van der Waals surface area contributed by atoms with Crippen molar-refractivity contribution < 1.29 is 0 Å². The van der Waals surface area contributed by atoms with E-state index in [0.29, 0.717) is 10.6 Å². The Morgan fingerprint density at radius 3 is 2.45 bits per heavy atom. The Balaban J connectivity index is 4.63. The van der Waals surface area contributed by atoms with Gasteiger partial charge in [-0.15, -0.1) is 0 Å². The Bertz CT molecular complexity index is 253. The normalized spacial score (nSPS) is 12.5. The highest BCUT2D eigenvalue weighted by atomic mass is 35.5. The fourth-order valence-corrected chi connectivity index (χ4v) is 0.888. The van der Waals surface area contributed by atoms with Crippen LogP contribution in [0, 0.1) is 11.3 Å². The summed E-state index contributed by atoms with van der Waals surface area (Å²) in [7, 11) is 0. The van der Waals surface area contributed by atoms with Crippen LogP contribution in [0.25, 0.3) is 0 Å². The van der Waals surface area contributed by atoms with Crippen molar-refractivity contribution in [2.75, 3.05) is 0 Å². The standard InChI is InChI=1S/C9H10ClN/c1-4-8(6-11)9(10)5-7(2)3/h4-5H,2H2,1,3H3/b8-4-,9-5+. The van der Waals surface area contributed by atoms with E-state index in [1.807, 2.05) is 13.0 Å². The lowest BCUT2D eigenvalue weighted by Crippen LogP contribution is -1.77. The van der Waals surface area contributed by atoms with Crippen LogP contribution < -0.4 is 0 Å². The summed E-state index contributed by atoms with van der Waals surface area (Å²) in [5.74, 6) is 0. The summed E-state index contributed by atoms with van der Waals surface area (Å²) < 4.78 is 0. The van der Waals surface area contributed by atoms with Crippen molar-refractivity contribution >= 4 is 11.6 Å². The molecule has 0 aromatic rings. The highest BCUT2D eigenvalue weighted by Gasteiger charge is 1.97. The molecule has 0 rings (SSSR count). The Morgan fingerprint density at radius 2 is 2.18 bits per heavy atom. The number of nitrogens with zero attached hydrogens (tertiary/aromatic N) is 1. The van der Waals surface area contributed by atoms with Gasteiger partial charge in [0.2, 0.25) is 0 Å². The molecule has 0 aliphatic carbocycles. The molecule has 0 fully saturated rings. The lowest BCUT2D eigenvalue weighted by molar-refractivity contribution is 1.45. The minimum Gasteiger partial charge on any atom is -0.192 e. The van der Waals surface area contributed by atoms with Gasteiger partial charge in [-0.3, -0.25) is 0 Å². The predicted octanol–water partition coefficient (Wildman–Crippen LogP) is 3.16. The first-order valence-electron chi connectivity index (χ1n) is 3.21. The molecule has 0 aromatic heterocycles. The molecular weight excluding hydrogens is 158 g/mol. The first-order chi connectivity index (χ1) is 5.11. The molecule has 58 valence electrons. The second-order valence-electron chi connectivity index (χ2n) is 2.15. The van der Waals surface area contributed by atoms with Crippen LogP contribution in [-0.2, 0) is 0 Å². The van der Waals surface area contributed by atoms with Crippen molar-refractivity contribution in [3.63, 3.8) is 0 Å². The van der Waals surface area contributed by atoms with E-state index < -0.39 is 0 Å². The van der Waals surface area contributed by atoms with Crippen molar-refractivity contribution in [2.24, 2.45) is 0 Å². The smallest absolute Gasteiger partial charge is 0.100 e. The van der Waals surface area contributed by atoms with E-state index in [4.69, 9.17) is 16.9 Å². The summed E-state index contributed by atoms with van der Waals surface area (Å²) in [4.78, 5) is 0. The van der Waals surface area contributed by atoms with Crippen LogP contribution in [0.1, 0.15) is 13.8 Å². The summed E-state index contributed by atoms with van der Waals surface area (Å²) in [5, 5.41) is 8.98. The maximum atomic E-state index is 8.54. The molecule has 0 heterocycles. The second kappa shape index (κ2) is 4.76. The van der Waals surface area contributed by atoms with Crippen LogP contribution in [-0.4, -0.2) is 0 Å². The van der Waals surface area contributed by atoms with E-state index in [-0.39, 0.29) is 0 Å². The van der Waals surface area contributed by atoms with Crippen LogP contribution in [0.3, 0.4) is 0 Å². The van der Waals surface area contributed by atoms with Crippen molar-refractivity contribution in [3.8, 4) is 6.07 Å². The number of hydrogen-bond donors (Lipinski definition) is 0. The van der Waals surface area contributed by atoms with Gasteiger partial charge in [-0.25, -0.2) is 0 Å². The molecule has 0 aromatic carbocycles. The van der Waals surface area contributed by atoms with Crippen LogP contribution in [0.15, 0.2) is 34.9 Å². The Labute approximate surface area is 72.3 Å². The van der Waals surface area contributed by atoms with Gasteiger partial charge in [0.15, 0.2) is 0 Å². The van der Waals surface area contributed by atoms with E-state index >= 15 is 0 Å². The fraction of sp³-hybridized carbons (Fsp3) is 0.222. The highest BCUT2D eigenvalue weighted by molar-refractivity contribution is 6.32. The van der Waals surface area contributed by atoms with E-state index in [2.05, 4.69) is 6.58 Å². The fourth-order valence-electron chi connectivity index (χ4n) is 0.550. The molecule has 2 heteroatoms. The van der Waals surface area contributed by atoms with Gasteiger partial charge in [0, 0.05) is 0 Å². The van der Waals surface area contributed by atoms with Gasteiger partial charge in [0.05, 0.1) is 10.6 Å². The van der Waals surface area contributed by atoms with Crippen molar-refractivity contribution in [1.29, 1.82) is 5.26 Å². The number of nitriles is 1. The zero-order valence-corrected chi connectivity index (χ0v) is 7.44. The third-order valence-electron chi connectivity index (χ3n) is 1.04. The zero-order valence-electron chi connectivity index (χ0n) is 6.69. The predicted molar refractivity (Wildman–Crippen MR) is 48.1 cm³/mol. The van der Waals surface area contributed by atoms with Gasteiger partial charge >= 0.3 is 0 Å². The third-order valence-corrected chi connectivity index (χ3v) is 1.35. The number of rotatable bonds is 2. The molecular formula is C9H10ClN. The van der Waals surface area contributed by atoms with Crippen LogP contribution in [0.2, 0.25) is 0 Å². The first-order valence-corrected chi connectivity index (χ1v) is 3.59. The molecule has 11 heavy (non-hydrogen) atoms. The molecule has 1 nitrogen and oxygen atoms in total. The highest BCUT2D eigenvalue weighted by Crippen LogP contribution is 2.15. The van der Waals surface area contributed by atoms with Crippen LogP contribution in [0.5, 0.6) is 0 Å². The monoisotopic (exact) mass is 167 g/mol. The zero-order chi connectivity index (χ0) is 8.85. The lowest BCUT2D eigenvalue weighted by Gasteiger charge is -1.93. The van der Waals surface area contributed by atoms with Gasteiger partial charge in [-0.05, 0) is 19.9 Å². The Kier molecular flexibility index (Phi) is 4.33. The van der Waals surface area contributed by atoms with Gasteiger partial charge < -0.3 is 0 Å². The topological polar surface area (TPSA) is 23.8 Å². The molecule has 0 aliphatic heterocycles. The molecule has 0 bridgehead atoms. The van der Waals surface area contributed by atoms with Crippen molar-refractivity contribution in [3.05, 3.63) is 34.9 Å². The molecule has 0 radical (unpaired) electrons. The van der Waals surface area contributed by atoms with E-state index in [9.17, 15) is 0 Å². The van der Waals surface area contributed by atoms with Crippen molar-refractivity contribution in [2.45, 2.75) is 13.8 Å². The minimum atomic E-state index is 0.447. The third kappa shape index (κ3) is 3.64. The number of allylic oxidation sites excluding steroid dienone is 5. The van der Waals surface area contributed by atoms with Crippen LogP contribution >= 0.6 is 11.6 Å². The molecule has 0 aliphatic rings. The molecule has 0 saturated carbocycles. The summed E-state index contributed by atoms with van der Waals surface area (Å²) in [6.07, 6.45) is 3.34. The Morgan fingerprint density at radius 1 is 1.64 bits per heavy atom. The quantitative estimate of drug-likeness (QED) is 0.458. The van der Waals surface area contributed by atoms with E-state index in [1.165, 1.54) is 0 Å². The lowest BCUT2D eigenvalue weighted by atomic mass is 10.2. The van der Waals surface area contributed by atoms with Crippen LogP contribution in [0.4, 0.5) is 0 Å². The number of hydrogen-bond acceptors (Lipinski definition) is 1. The minimum absolute atomic E-state index is 0.447. The summed E-state index contributed by atoms with van der Waals surface area (Å²) in [6, 6.07) is 1.98. The maximum absolute atomic E-state index is 8.54. The van der Waals surface area contributed by atoms with Gasteiger partial charge in [-0.1, -0.05) is 29.8 Å². The van der Waals surface area contributed by atoms with Gasteiger partial charge in [0.25, 0.3) is 0 Å². The number of halogens is 1. The maximum Gasteiger partial charge on any atom is 0.100 e. The second-order valence-corrected chi connectivity index (χ2v) is 2.56. The average molecular weight is 168 g/mol. The summed E-state index contributed by atoms with van der Waals surface area (Å²) in [6.45, 7) is 7.25. The average Bonchev–Trinajstić information content (AvgIpc) is 1.88. The molecule has 0 saturated heterocycles.